The predicted octanol–water partition coefficient (Wildman–Crippen LogP) is 6.93. The van der Waals surface area contributed by atoms with Crippen LogP contribution in [0.3, 0.4) is 0 Å². The molecule has 3 nitrogen and oxygen atoms in total. The number of aliphatic hydroxyl groups excluding tert-OH is 1. The number of fused-ring (bicyclic) bond motifs is 5. The molecule has 0 heterocycles. The number of carbonyl (C=O) groups excluding carboxylic acids is 1. The van der Waals surface area contributed by atoms with Crippen molar-refractivity contribution in [3.8, 4) is 0 Å². The molecule has 0 aliphatic heterocycles. The molecule has 4 aliphatic rings. The lowest BCUT2D eigenvalue weighted by Gasteiger charge is -2.59. The van der Waals surface area contributed by atoms with Crippen LogP contribution in [-0.4, -0.2) is 23.3 Å². The Balaban J connectivity index is 1.53. The molecule has 4 rings (SSSR count). The first-order valence-corrected chi connectivity index (χ1v) is 13.6. The van der Waals surface area contributed by atoms with Crippen LogP contribution in [-0.2, 0) is 9.53 Å². The Bertz CT molecular complexity index is 726. The van der Waals surface area contributed by atoms with Crippen molar-refractivity contribution in [2.24, 2.45) is 46.3 Å². The largest absolute Gasteiger partial charge is 0.455 e. The average Bonchev–Trinajstić information content (AvgIpc) is 3.07. The number of hydrogen-bond acceptors (Lipinski definition) is 3. The van der Waals surface area contributed by atoms with E-state index in [1.54, 1.807) is 0 Å². The molecule has 0 saturated heterocycles. The third-order valence-electron chi connectivity index (χ3n) is 10.6. The number of allylic oxidation sites excluding steroid dienone is 1. The molecule has 1 N–H and O–H groups in total. The van der Waals surface area contributed by atoms with Gasteiger partial charge in [-0.15, -0.1) is 0 Å². The Hall–Kier alpha value is -0.830. The van der Waals surface area contributed by atoms with Crippen molar-refractivity contribution in [2.75, 3.05) is 0 Å². The molecule has 3 saturated carbocycles. The molecule has 182 valence electrons. The lowest BCUT2D eigenvalue weighted by atomic mass is 9.46. The highest BCUT2D eigenvalue weighted by Crippen LogP contribution is 2.67. The first-order chi connectivity index (χ1) is 15.1. The molecule has 3 fully saturated rings. The molecule has 9 atom stereocenters. The van der Waals surface area contributed by atoms with Gasteiger partial charge in [0.05, 0.1) is 6.10 Å². The van der Waals surface area contributed by atoms with E-state index < -0.39 is 12.2 Å². The fraction of sp³-hybridized carbons (Fsp3) is 0.897. The van der Waals surface area contributed by atoms with Gasteiger partial charge >= 0.3 is 5.97 Å². The number of esters is 1. The van der Waals surface area contributed by atoms with Gasteiger partial charge in [0.15, 0.2) is 0 Å². The summed E-state index contributed by atoms with van der Waals surface area (Å²) in [7, 11) is 0. The molecule has 0 aromatic carbocycles. The average molecular weight is 445 g/mol. The van der Waals surface area contributed by atoms with Gasteiger partial charge in [0.1, 0.15) is 6.10 Å². The maximum Gasteiger partial charge on any atom is 0.303 e. The minimum atomic E-state index is -0.550. The summed E-state index contributed by atoms with van der Waals surface area (Å²) in [6.45, 7) is 13.8. The van der Waals surface area contributed by atoms with Gasteiger partial charge < -0.3 is 9.84 Å². The van der Waals surface area contributed by atoms with Crippen molar-refractivity contribution >= 4 is 5.97 Å². The standard InChI is InChI=1S/C29H48O3/c1-18(2)8-7-9-19(3)22-12-13-23-21-10-11-25-27(32-20(4)30)26(31)15-17-29(25,6)24(21)14-16-28(22,23)5/h11,18-19,21-24,26-27,31H,7-10,12-17H2,1-6H3/t19-,21+,22-,23-,24+,26+,27+,28-,29-/m1/s1. The molecule has 0 unspecified atom stereocenters. The van der Waals surface area contributed by atoms with Crippen molar-refractivity contribution in [2.45, 2.75) is 118 Å². The number of rotatable bonds is 6. The molecule has 0 aromatic heterocycles. The zero-order valence-electron chi connectivity index (χ0n) is 21.5. The summed E-state index contributed by atoms with van der Waals surface area (Å²) in [6, 6.07) is 0. The number of carbonyl (C=O) groups is 1. The van der Waals surface area contributed by atoms with Gasteiger partial charge in [0.25, 0.3) is 0 Å². The summed E-state index contributed by atoms with van der Waals surface area (Å²) in [5.74, 6) is 4.50. The lowest BCUT2D eigenvalue weighted by Crippen LogP contribution is -2.54. The summed E-state index contributed by atoms with van der Waals surface area (Å²) >= 11 is 0. The van der Waals surface area contributed by atoms with Crippen LogP contribution >= 0.6 is 0 Å². The molecule has 3 heteroatoms. The van der Waals surface area contributed by atoms with Crippen molar-refractivity contribution < 1.29 is 14.6 Å². The molecule has 0 bridgehead atoms. The smallest absolute Gasteiger partial charge is 0.303 e. The van der Waals surface area contributed by atoms with Crippen LogP contribution in [0.2, 0.25) is 0 Å². The fourth-order valence-corrected chi connectivity index (χ4v) is 9.04. The molecule has 0 radical (unpaired) electrons. The Morgan fingerprint density at radius 3 is 2.53 bits per heavy atom. The minimum Gasteiger partial charge on any atom is -0.455 e. The Morgan fingerprint density at radius 2 is 1.84 bits per heavy atom. The highest BCUT2D eigenvalue weighted by molar-refractivity contribution is 5.66. The summed E-state index contributed by atoms with van der Waals surface area (Å²) in [4.78, 5) is 11.8. The van der Waals surface area contributed by atoms with E-state index in [1.165, 1.54) is 57.4 Å². The number of hydrogen-bond donors (Lipinski definition) is 1. The molecular weight excluding hydrogens is 396 g/mol. The highest BCUT2D eigenvalue weighted by Gasteiger charge is 2.60. The zero-order chi connectivity index (χ0) is 23.3. The Morgan fingerprint density at radius 1 is 1.09 bits per heavy atom. The Labute approximate surface area is 196 Å². The van der Waals surface area contributed by atoms with Crippen LogP contribution in [0.4, 0.5) is 0 Å². The van der Waals surface area contributed by atoms with Crippen molar-refractivity contribution in [3.63, 3.8) is 0 Å². The van der Waals surface area contributed by atoms with Crippen molar-refractivity contribution in [1.82, 2.24) is 0 Å². The summed E-state index contributed by atoms with van der Waals surface area (Å²) in [6.07, 6.45) is 13.9. The second-order valence-corrected chi connectivity index (χ2v) is 12.9. The van der Waals surface area contributed by atoms with Gasteiger partial charge in [-0.25, -0.2) is 0 Å². The van der Waals surface area contributed by atoms with E-state index in [9.17, 15) is 9.90 Å². The second kappa shape index (κ2) is 9.08. The molecule has 32 heavy (non-hydrogen) atoms. The SMILES string of the molecule is CC(=O)O[C@H]1C2=CC[C@H]3[C@H]4CC[C@H]([C@H](C)CCCC(C)C)[C@@]4(C)CC[C@@H]3[C@@]2(C)CC[C@@H]1O. The Kier molecular flexibility index (Phi) is 6.90. The number of aliphatic hydroxyl groups is 1. The molecule has 0 aromatic rings. The van der Waals surface area contributed by atoms with E-state index in [0.29, 0.717) is 11.3 Å². The quantitative estimate of drug-likeness (QED) is 0.357. The van der Waals surface area contributed by atoms with E-state index in [2.05, 4.69) is 40.7 Å². The third kappa shape index (κ3) is 4.10. The van der Waals surface area contributed by atoms with Gasteiger partial charge in [-0.1, -0.05) is 60.0 Å². The molecule has 0 spiro atoms. The van der Waals surface area contributed by atoms with Crippen LogP contribution in [0.5, 0.6) is 0 Å². The maximum atomic E-state index is 11.8. The van der Waals surface area contributed by atoms with E-state index in [0.717, 1.165) is 48.9 Å². The van der Waals surface area contributed by atoms with Gasteiger partial charge in [-0.3, -0.25) is 4.79 Å². The van der Waals surface area contributed by atoms with Crippen LogP contribution in [0, 0.1) is 46.3 Å². The van der Waals surface area contributed by atoms with Crippen LogP contribution in [0.1, 0.15) is 106 Å². The maximum absolute atomic E-state index is 11.8. The van der Waals surface area contributed by atoms with E-state index in [1.807, 2.05) is 0 Å². The zero-order valence-corrected chi connectivity index (χ0v) is 21.5. The summed E-state index contributed by atoms with van der Waals surface area (Å²) < 4.78 is 5.67. The van der Waals surface area contributed by atoms with E-state index in [4.69, 9.17) is 4.74 Å². The van der Waals surface area contributed by atoms with Crippen molar-refractivity contribution in [1.29, 1.82) is 0 Å². The van der Waals surface area contributed by atoms with Crippen LogP contribution < -0.4 is 0 Å². The first kappa shape index (κ1) is 24.3. The van der Waals surface area contributed by atoms with Crippen LogP contribution in [0.25, 0.3) is 0 Å². The molecular formula is C29H48O3. The second-order valence-electron chi connectivity index (χ2n) is 12.9. The predicted molar refractivity (Wildman–Crippen MR) is 130 cm³/mol. The highest BCUT2D eigenvalue weighted by atomic mass is 16.6. The van der Waals surface area contributed by atoms with E-state index >= 15 is 0 Å². The van der Waals surface area contributed by atoms with Gasteiger partial charge in [0.2, 0.25) is 0 Å². The fourth-order valence-electron chi connectivity index (χ4n) is 9.04. The topological polar surface area (TPSA) is 46.5 Å². The van der Waals surface area contributed by atoms with Gasteiger partial charge in [-0.05, 0) is 96.9 Å². The van der Waals surface area contributed by atoms with Gasteiger partial charge in [0, 0.05) is 6.92 Å². The summed E-state index contributed by atoms with van der Waals surface area (Å²) in [5, 5.41) is 10.6. The van der Waals surface area contributed by atoms with E-state index in [-0.39, 0.29) is 11.4 Å². The monoisotopic (exact) mass is 444 g/mol. The third-order valence-corrected chi connectivity index (χ3v) is 10.6. The lowest BCUT2D eigenvalue weighted by molar-refractivity contribution is -0.155. The molecule has 0 amide bonds. The molecule has 4 aliphatic carbocycles. The minimum absolute atomic E-state index is 0.0740. The van der Waals surface area contributed by atoms with Crippen molar-refractivity contribution in [3.05, 3.63) is 11.6 Å². The van der Waals surface area contributed by atoms with Gasteiger partial charge in [-0.2, -0.15) is 0 Å². The number of ether oxygens (including phenoxy) is 1. The normalized spacial score (nSPS) is 44.3. The summed E-state index contributed by atoms with van der Waals surface area (Å²) in [5.41, 5.74) is 1.79. The first-order valence-electron chi connectivity index (χ1n) is 13.6. The van der Waals surface area contributed by atoms with Crippen LogP contribution in [0.15, 0.2) is 11.6 Å².